The first-order valence-corrected chi connectivity index (χ1v) is 4.95. The van der Waals surface area contributed by atoms with Crippen LogP contribution in [-0.2, 0) is 6.42 Å². The van der Waals surface area contributed by atoms with Gasteiger partial charge in [0.1, 0.15) is 0 Å². The van der Waals surface area contributed by atoms with Gasteiger partial charge in [0.2, 0.25) is 0 Å². The number of nitrogens with two attached hydrogens (primary N) is 1. The Morgan fingerprint density at radius 2 is 2.00 bits per heavy atom. The molecule has 0 aliphatic heterocycles. The molecule has 1 aromatic heterocycles. The van der Waals surface area contributed by atoms with E-state index in [1.807, 2.05) is 0 Å². The van der Waals surface area contributed by atoms with E-state index in [0.717, 1.165) is 13.0 Å². The summed E-state index contributed by atoms with van der Waals surface area (Å²) in [4.78, 5) is 0. The maximum absolute atomic E-state index is 5.52. The fourth-order valence-electron chi connectivity index (χ4n) is 1.38. The van der Waals surface area contributed by atoms with E-state index in [1.165, 1.54) is 15.6 Å². The summed E-state index contributed by atoms with van der Waals surface area (Å²) in [7, 11) is 0. The molecule has 70 valence electrons. The van der Waals surface area contributed by atoms with E-state index in [1.54, 1.807) is 11.3 Å². The Balaban J connectivity index is 0.000000845. The van der Waals surface area contributed by atoms with Crippen LogP contribution in [0, 0.1) is 0 Å². The van der Waals surface area contributed by atoms with Crippen LogP contribution >= 0.6 is 23.7 Å². The minimum absolute atomic E-state index is 0. The van der Waals surface area contributed by atoms with Crippen LogP contribution in [-0.4, -0.2) is 6.54 Å². The predicted molar refractivity (Wildman–Crippen MR) is 61.8 cm³/mol. The Labute approximate surface area is 88.0 Å². The lowest BCUT2D eigenvalue weighted by molar-refractivity contribution is 0.981. The van der Waals surface area contributed by atoms with Crippen LogP contribution in [0.5, 0.6) is 0 Å². The van der Waals surface area contributed by atoms with E-state index in [9.17, 15) is 0 Å². The molecule has 2 N–H and O–H groups in total. The van der Waals surface area contributed by atoms with Gasteiger partial charge in [0, 0.05) is 4.70 Å². The molecule has 0 atom stereocenters. The Morgan fingerprint density at radius 1 is 1.23 bits per heavy atom. The van der Waals surface area contributed by atoms with Crippen molar-refractivity contribution in [2.24, 2.45) is 5.73 Å². The summed E-state index contributed by atoms with van der Waals surface area (Å²) < 4.78 is 1.36. The van der Waals surface area contributed by atoms with Crippen LogP contribution in [0.4, 0.5) is 0 Å². The molecule has 0 bridgehead atoms. The van der Waals surface area contributed by atoms with Crippen LogP contribution in [0.2, 0.25) is 0 Å². The van der Waals surface area contributed by atoms with E-state index in [2.05, 4.69) is 29.6 Å². The van der Waals surface area contributed by atoms with E-state index >= 15 is 0 Å². The van der Waals surface area contributed by atoms with E-state index < -0.39 is 0 Å². The largest absolute Gasteiger partial charge is 0.330 e. The third kappa shape index (κ3) is 2.02. The lowest BCUT2D eigenvalue weighted by Gasteiger charge is -1.94. The molecule has 1 heterocycles. The average molecular weight is 214 g/mol. The third-order valence-electron chi connectivity index (χ3n) is 1.97. The van der Waals surface area contributed by atoms with Crippen LogP contribution < -0.4 is 5.73 Å². The highest BCUT2D eigenvalue weighted by Gasteiger charge is 2.00. The maximum Gasteiger partial charge on any atom is 0.0345 e. The van der Waals surface area contributed by atoms with Crippen molar-refractivity contribution in [1.82, 2.24) is 0 Å². The summed E-state index contributed by atoms with van der Waals surface area (Å²) in [6.07, 6.45) is 0.990. The average Bonchev–Trinajstić information content (AvgIpc) is 2.50. The minimum atomic E-state index is 0. The highest BCUT2D eigenvalue weighted by molar-refractivity contribution is 7.17. The van der Waals surface area contributed by atoms with Crippen LogP contribution in [0.3, 0.4) is 0 Å². The zero-order chi connectivity index (χ0) is 8.39. The molecule has 2 rings (SSSR count). The fourth-order valence-corrected chi connectivity index (χ4v) is 2.38. The standard InChI is InChI=1S/C10H11NS.ClH/c11-6-5-8-7-12-10-4-2-1-3-9(8)10;/h1-4,7H,5-6,11H2;1H. The zero-order valence-electron chi connectivity index (χ0n) is 7.19. The zero-order valence-corrected chi connectivity index (χ0v) is 8.83. The molecule has 2 aromatic rings. The first kappa shape index (κ1) is 10.5. The van der Waals surface area contributed by atoms with E-state index in [0.29, 0.717) is 0 Å². The molecule has 0 amide bonds. The number of hydrogen-bond acceptors (Lipinski definition) is 2. The van der Waals surface area contributed by atoms with Gasteiger partial charge in [-0.15, -0.1) is 23.7 Å². The molecule has 0 saturated heterocycles. The smallest absolute Gasteiger partial charge is 0.0345 e. The second kappa shape index (κ2) is 4.61. The number of rotatable bonds is 2. The van der Waals surface area contributed by atoms with Crippen molar-refractivity contribution >= 4 is 33.8 Å². The lowest BCUT2D eigenvalue weighted by atomic mass is 10.1. The maximum atomic E-state index is 5.52. The van der Waals surface area contributed by atoms with Gasteiger partial charge >= 0.3 is 0 Å². The van der Waals surface area contributed by atoms with Crippen molar-refractivity contribution in [3.8, 4) is 0 Å². The summed E-state index contributed by atoms with van der Waals surface area (Å²) in [5.41, 5.74) is 6.90. The predicted octanol–water partition coefficient (Wildman–Crippen LogP) is 2.82. The van der Waals surface area contributed by atoms with Gasteiger partial charge < -0.3 is 5.73 Å². The molecule has 13 heavy (non-hydrogen) atoms. The summed E-state index contributed by atoms with van der Waals surface area (Å²) in [6, 6.07) is 8.47. The van der Waals surface area contributed by atoms with Crippen LogP contribution in [0.15, 0.2) is 29.6 Å². The molecule has 1 nitrogen and oxygen atoms in total. The first-order chi connectivity index (χ1) is 5.92. The Morgan fingerprint density at radius 3 is 2.77 bits per heavy atom. The summed E-state index contributed by atoms with van der Waals surface area (Å²) in [6.45, 7) is 0.737. The summed E-state index contributed by atoms with van der Waals surface area (Å²) in [5.74, 6) is 0. The molecule has 1 aromatic carbocycles. The van der Waals surface area contributed by atoms with Gasteiger partial charge in [0.25, 0.3) is 0 Å². The van der Waals surface area contributed by atoms with Crippen molar-refractivity contribution < 1.29 is 0 Å². The van der Waals surface area contributed by atoms with Crippen molar-refractivity contribution in [1.29, 1.82) is 0 Å². The first-order valence-electron chi connectivity index (χ1n) is 4.07. The molecule has 0 aliphatic rings. The monoisotopic (exact) mass is 213 g/mol. The molecule has 3 heteroatoms. The van der Waals surface area contributed by atoms with Gasteiger partial charge in [-0.1, -0.05) is 18.2 Å². The Bertz CT molecular complexity index is 383. The highest BCUT2D eigenvalue weighted by Crippen LogP contribution is 2.25. The van der Waals surface area contributed by atoms with Gasteiger partial charge in [-0.05, 0) is 35.4 Å². The topological polar surface area (TPSA) is 26.0 Å². The summed E-state index contributed by atoms with van der Waals surface area (Å²) in [5, 5.41) is 3.57. The second-order valence-corrected chi connectivity index (χ2v) is 3.71. The molecular formula is C10H12ClNS. The molecule has 0 saturated carbocycles. The third-order valence-corrected chi connectivity index (χ3v) is 2.99. The second-order valence-electron chi connectivity index (χ2n) is 2.80. The highest BCUT2D eigenvalue weighted by atomic mass is 35.5. The quantitative estimate of drug-likeness (QED) is 0.816. The number of fused-ring (bicyclic) bond motifs is 1. The van der Waals surface area contributed by atoms with E-state index in [4.69, 9.17) is 5.73 Å². The number of halogens is 1. The van der Waals surface area contributed by atoms with Crippen LogP contribution in [0.1, 0.15) is 5.56 Å². The lowest BCUT2D eigenvalue weighted by Crippen LogP contribution is -2.01. The minimum Gasteiger partial charge on any atom is -0.330 e. The molecular weight excluding hydrogens is 202 g/mol. The Kier molecular flexibility index (Phi) is 3.72. The fraction of sp³-hybridized carbons (Fsp3) is 0.200. The van der Waals surface area contributed by atoms with Gasteiger partial charge in [0.15, 0.2) is 0 Å². The van der Waals surface area contributed by atoms with Crippen LogP contribution in [0.25, 0.3) is 10.1 Å². The molecule has 0 fully saturated rings. The number of thiophene rings is 1. The summed E-state index contributed by atoms with van der Waals surface area (Å²) >= 11 is 1.80. The van der Waals surface area contributed by atoms with Crippen molar-refractivity contribution in [2.45, 2.75) is 6.42 Å². The number of hydrogen-bond donors (Lipinski definition) is 1. The molecule has 0 radical (unpaired) electrons. The van der Waals surface area contributed by atoms with Crippen molar-refractivity contribution in [3.05, 3.63) is 35.2 Å². The Hall–Kier alpha value is -0.570. The van der Waals surface area contributed by atoms with Gasteiger partial charge in [-0.3, -0.25) is 0 Å². The molecule has 0 aliphatic carbocycles. The molecule has 0 spiro atoms. The van der Waals surface area contributed by atoms with Gasteiger partial charge in [-0.2, -0.15) is 0 Å². The SMILES string of the molecule is Cl.NCCc1csc2ccccc12. The van der Waals surface area contributed by atoms with Crippen molar-refractivity contribution in [2.75, 3.05) is 6.54 Å². The van der Waals surface area contributed by atoms with Gasteiger partial charge in [0.05, 0.1) is 0 Å². The molecule has 0 unspecified atom stereocenters. The van der Waals surface area contributed by atoms with Crippen molar-refractivity contribution in [3.63, 3.8) is 0 Å². The van der Waals surface area contributed by atoms with E-state index in [-0.39, 0.29) is 12.4 Å². The normalized spacial score (nSPS) is 9.92. The number of benzene rings is 1. The van der Waals surface area contributed by atoms with Gasteiger partial charge in [-0.25, -0.2) is 0 Å².